The van der Waals surface area contributed by atoms with E-state index in [1.165, 1.54) is 11.3 Å². The van der Waals surface area contributed by atoms with E-state index in [0.29, 0.717) is 26.2 Å². The summed E-state index contributed by atoms with van der Waals surface area (Å²) in [6, 6.07) is 11.8. The number of ketones is 1. The zero-order valence-corrected chi connectivity index (χ0v) is 16.0. The molecule has 0 unspecified atom stereocenters. The van der Waals surface area contributed by atoms with Gasteiger partial charge in [-0.05, 0) is 24.3 Å². The number of carbonyl (C=O) groups excluding carboxylic acids is 1. The lowest BCUT2D eigenvalue weighted by atomic mass is 10.1. The third kappa shape index (κ3) is 4.95. The van der Waals surface area contributed by atoms with E-state index in [-0.39, 0.29) is 12.2 Å². The number of nitrogens with zero attached hydrogens (tertiary/aromatic N) is 1. The molecule has 0 aliphatic carbocycles. The molecule has 0 fully saturated rings. The molecule has 0 atom stereocenters. The van der Waals surface area contributed by atoms with Crippen molar-refractivity contribution in [1.29, 1.82) is 0 Å². The van der Waals surface area contributed by atoms with Crippen molar-refractivity contribution in [3.63, 3.8) is 0 Å². The van der Waals surface area contributed by atoms with Gasteiger partial charge in [-0.25, -0.2) is 9.78 Å². The summed E-state index contributed by atoms with van der Waals surface area (Å²) in [5, 5.41) is 12.0. The van der Waals surface area contributed by atoms with Gasteiger partial charge in [-0.3, -0.25) is 4.79 Å². The third-order valence-electron chi connectivity index (χ3n) is 3.60. The van der Waals surface area contributed by atoms with E-state index in [4.69, 9.17) is 28.3 Å². The van der Waals surface area contributed by atoms with Crippen molar-refractivity contribution in [3.8, 4) is 23.1 Å². The fraction of sp³-hybridized carbons (Fsp3) is 0.0500. The van der Waals surface area contributed by atoms with Crippen LogP contribution in [0.15, 0.2) is 47.8 Å². The van der Waals surface area contributed by atoms with Gasteiger partial charge >= 0.3 is 5.97 Å². The Balaban J connectivity index is 1.71. The fourth-order valence-electron chi connectivity index (χ4n) is 2.28. The molecule has 0 bridgehead atoms. The molecule has 134 valence electrons. The molecule has 0 saturated heterocycles. The average molecular weight is 416 g/mol. The maximum atomic E-state index is 12.4. The van der Waals surface area contributed by atoms with E-state index < -0.39 is 5.97 Å². The Labute approximate surface area is 169 Å². The minimum atomic E-state index is -1.20. The number of carbonyl (C=O) groups is 2. The van der Waals surface area contributed by atoms with Crippen molar-refractivity contribution in [2.75, 3.05) is 0 Å². The number of Topliss-reactive ketones (excluding diaryl/α,β-unsaturated/α-hetero) is 1. The molecule has 0 aliphatic rings. The van der Waals surface area contributed by atoms with Gasteiger partial charge in [-0.15, -0.1) is 11.3 Å². The number of thiazole rings is 1. The van der Waals surface area contributed by atoms with Crippen molar-refractivity contribution >= 4 is 46.3 Å². The summed E-state index contributed by atoms with van der Waals surface area (Å²) in [4.78, 5) is 27.4. The van der Waals surface area contributed by atoms with Gasteiger partial charge in [0.2, 0.25) is 0 Å². The number of hydrogen-bond donors (Lipinski definition) is 1. The molecule has 0 radical (unpaired) electrons. The first-order chi connectivity index (χ1) is 12.9. The van der Waals surface area contributed by atoms with Gasteiger partial charge in [0, 0.05) is 28.0 Å². The second kappa shape index (κ2) is 8.36. The third-order valence-corrected chi connectivity index (χ3v) is 5.19. The molecule has 4 nitrogen and oxygen atoms in total. The molecule has 0 saturated carbocycles. The van der Waals surface area contributed by atoms with Crippen LogP contribution >= 0.6 is 34.5 Å². The van der Waals surface area contributed by atoms with Crippen LogP contribution in [0.25, 0.3) is 11.3 Å². The predicted octanol–water partition coefficient (Wildman–Crippen LogP) is 4.98. The van der Waals surface area contributed by atoms with Crippen LogP contribution in [-0.2, 0) is 11.2 Å². The quantitative estimate of drug-likeness (QED) is 0.481. The monoisotopic (exact) mass is 415 g/mol. The predicted molar refractivity (Wildman–Crippen MR) is 107 cm³/mol. The summed E-state index contributed by atoms with van der Waals surface area (Å²) in [7, 11) is 0. The normalized spacial score (nSPS) is 10.1. The molecular weight excluding hydrogens is 405 g/mol. The highest BCUT2D eigenvalue weighted by molar-refractivity contribution is 7.10. The Morgan fingerprint density at radius 1 is 1.07 bits per heavy atom. The maximum Gasteiger partial charge on any atom is 0.382 e. The van der Waals surface area contributed by atoms with Gasteiger partial charge in [0.25, 0.3) is 0 Å². The maximum absolute atomic E-state index is 12.4. The molecule has 0 aliphatic heterocycles. The highest BCUT2D eigenvalue weighted by atomic mass is 35.5. The van der Waals surface area contributed by atoms with Gasteiger partial charge in [-0.1, -0.05) is 47.3 Å². The summed E-state index contributed by atoms with van der Waals surface area (Å²) in [6.45, 7) is 0. The number of hydrogen-bond acceptors (Lipinski definition) is 4. The number of benzene rings is 2. The molecule has 0 spiro atoms. The van der Waals surface area contributed by atoms with Crippen LogP contribution in [0.1, 0.15) is 20.9 Å². The first-order valence-corrected chi connectivity index (χ1v) is 9.34. The van der Waals surface area contributed by atoms with Gasteiger partial charge in [0.05, 0.1) is 22.2 Å². The number of carboxylic acids is 1. The van der Waals surface area contributed by atoms with Gasteiger partial charge < -0.3 is 5.11 Å². The highest BCUT2D eigenvalue weighted by Gasteiger charge is 2.12. The second-order valence-electron chi connectivity index (χ2n) is 5.49. The number of aliphatic carboxylic acids is 1. The zero-order valence-electron chi connectivity index (χ0n) is 13.7. The Morgan fingerprint density at radius 2 is 1.81 bits per heavy atom. The number of carboxylic acid groups (broad SMARTS) is 1. The van der Waals surface area contributed by atoms with Crippen LogP contribution < -0.4 is 0 Å². The minimum absolute atomic E-state index is 0.0808. The van der Waals surface area contributed by atoms with Gasteiger partial charge in [0.15, 0.2) is 5.78 Å². The van der Waals surface area contributed by atoms with E-state index in [1.54, 1.807) is 36.4 Å². The summed E-state index contributed by atoms with van der Waals surface area (Å²) in [5.74, 6) is 3.25. The Kier molecular flexibility index (Phi) is 5.92. The lowest BCUT2D eigenvalue weighted by molar-refractivity contribution is -0.130. The molecule has 0 amide bonds. The van der Waals surface area contributed by atoms with Gasteiger partial charge in [0.1, 0.15) is 5.01 Å². The fourth-order valence-corrected chi connectivity index (χ4v) is 3.38. The molecule has 1 N–H and O–H groups in total. The van der Waals surface area contributed by atoms with Crippen molar-refractivity contribution in [2.45, 2.75) is 6.42 Å². The van der Waals surface area contributed by atoms with Gasteiger partial charge in [-0.2, -0.15) is 0 Å². The summed E-state index contributed by atoms with van der Waals surface area (Å²) in [5.41, 5.74) is 2.62. The largest absolute Gasteiger partial charge is 0.472 e. The Hall–Kier alpha value is -2.65. The molecule has 2 aromatic carbocycles. The van der Waals surface area contributed by atoms with Crippen molar-refractivity contribution in [2.24, 2.45) is 0 Å². The van der Waals surface area contributed by atoms with Crippen LogP contribution in [0, 0.1) is 11.8 Å². The molecular formula is C20H11Cl2NO3S. The number of rotatable bonds is 4. The van der Waals surface area contributed by atoms with E-state index in [1.807, 2.05) is 17.4 Å². The van der Waals surface area contributed by atoms with E-state index in [9.17, 15) is 9.59 Å². The van der Waals surface area contributed by atoms with Crippen LogP contribution in [-0.4, -0.2) is 21.8 Å². The summed E-state index contributed by atoms with van der Waals surface area (Å²) in [6.07, 6.45) is 0.173. The van der Waals surface area contributed by atoms with Crippen LogP contribution in [0.5, 0.6) is 0 Å². The Morgan fingerprint density at radius 3 is 2.48 bits per heavy atom. The molecule has 27 heavy (non-hydrogen) atoms. The van der Waals surface area contributed by atoms with E-state index in [0.717, 1.165) is 11.3 Å². The topological polar surface area (TPSA) is 67.3 Å². The first-order valence-electron chi connectivity index (χ1n) is 7.70. The van der Waals surface area contributed by atoms with Crippen LogP contribution in [0.2, 0.25) is 10.0 Å². The van der Waals surface area contributed by atoms with Crippen LogP contribution in [0.4, 0.5) is 0 Å². The zero-order chi connectivity index (χ0) is 19.4. The molecule has 7 heteroatoms. The van der Waals surface area contributed by atoms with Crippen molar-refractivity contribution in [3.05, 3.63) is 74.0 Å². The Bertz CT molecular complexity index is 1080. The standard InChI is InChI=1S/C20H11Cl2NO3S/c21-15-7-6-14(9-16(15)22)17-11-27-19(23-17)10-18(24)13-4-1-12(2-5-13)3-8-20(25)26/h1-2,4-7,9,11H,10H2,(H,25,26). The molecule has 1 aromatic heterocycles. The van der Waals surface area contributed by atoms with E-state index >= 15 is 0 Å². The minimum Gasteiger partial charge on any atom is -0.472 e. The smallest absolute Gasteiger partial charge is 0.382 e. The summed E-state index contributed by atoms with van der Waals surface area (Å²) >= 11 is 13.4. The number of halogens is 2. The van der Waals surface area contributed by atoms with Crippen molar-refractivity contribution in [1.82, 2.24) is 4.98 Å². The van der Waals surface area contributed by atoms with Crippen molar-refractivity contribution < 1.29 is 14.7 Å². The van der Waals surface area contributed by atoms with Crippen LogP contribution in [0.3, 0.4) is 0 Å². The second-order valence-corrected chi connectivity index (χ2v) is 7.24. The van der Waals surface area contributed by atoms with E-state index in [2.05, 4.69) is 10.9 Å². The molecule has 1 heterocycles. The number of aromatic nitrogens is 1. The average Bonchev–Trinajstić information content (AvgIpc) is 3.11. The highest BCUT2D eigenvalue weighted by Crippen LogP contribution is 2.29. The lowest BCUT2D eigenvalue weighted by Gasteiger charge is -2.00. The molecule has 3 rings (SSSR count). The summed E-state index contributed by atoms with van der Waals surface area (Å²) < 4.78 is 0. The first kappa shape index (κ1) is 19.1. The SMILES string of the molecule is O=C(O)C#Cc1ccc(C(=O)Cc2nc(-c3ccc(Cl)c(Cl)c3)cs2)cc1. The molecule has 3 aromatic rings. The lowest BCUT2D eigenvalue weighted by Crippen LogP contribution is -2.03.